The molecule has 10 heteroatoms. The molecule has 1 saturated carbocycles. The van der Waals surface area contributed by atoms with Gasteiger partial charge in [-0.3, -0.25) is 9.59 Å². The molecular formula is C14H20O10. The highest BCUT2D eigenvalue weighted by Crippen LogP contribution is 2.30. The summed E-state index contributed by atoms with van der Waals surface area (Å²) in [5, 5.41) is 33.2. The van der Waals surface area contributed by atoms with Gasteiger partial charge in [0.25, 0.3) is 0 Å². The van der Waals surface area contributed by atoms with Crippen LogP contribution in [0.25, 0.3) is 0 Å². The van der Waals surface area contributed by atoms with Gasteiger partial charge in [-0.1, -0.05) is 12.8 Å². The van der Waals surface area contributed by atoms with Gasteiger partial charge in [-0.2, -0.15) is 0 Å². The van der Waals surface area contributed by atoms with Crippen LogP contribution in [-0.4, -0.2) is 69.7 Å². The Labute approximate surface area is 137 Å². The molecule has 4 unspecified atom stereocenters. The van der Waals surface area contributed by atoms with Crippen LogP contribution in [0.4, 0.5) is 0 Å². The Hall–Kier alpha value is -2.20. The summed E-state index contributed by atoms with van der Waals surface area (Å²) in [5.41, 5.74) is 0. The van der Waals surface area contributed by atoms with Gasteiger partial charge in [-0.15, -0.1) is 0 Å². The summed E-state index contributed by atoms with van der Waals surface area (Å²) in [7, 11) is 0. The Morgan fingerprint density at radius 1 is 0.625 bits per heavy atom. The molecule has 1 aliphatic carbocycles. The summed E-state index contributed by atoms with van der Waals surface area (Å²) < 4.78 is 8.74. The molecule has 2 heterocycles. The van der Waals surface area contributed by atoms with E-state index in [-0.39, 0.29) is 0 Å². The van der Waals surface area contributed by atoms with Crippen molar-refractivity contribution < 1.29 is 49.1 Å². The van der Waals surface area contributed by atoms with Crippen molar-refractivity contribution in [1.29, 1.82) is 0 Å². The number of hydrogen-bond acceptors (Lipinski definition) is 6. The Bertz CT molecular complexity index is 436. The molecule has 10 nitrogen and oxygen atoms in total. The van der Waals surface area contributed by atoms with E-state index in [4.69, 9.17) is 20.4 Å². The fourth-order valence-corrected chi connectivity index (χ4v) is 2.10. The molecule has 0 amide bonds. The normalized spacial score (nSPS) is 29.7. The van der Waals surface area contributed by atoms with E-state index in [0.717, 1.165) is 12.8 Å². The molecule has 136 valence electrons. The third-order valence-corrected chi connectivity index (χ3v) is 3.62. The third-order valence-electron chi connectivity index (χ3n) is 3.62. The lowest BCUT2D eigenvalue weighted by molar-refractivity contribution is -0.155. The van der Waals surface area contributed by atoms with Crippen molar-refractivity contribution in [2.75, 3.05) is 13.2 Å². The van der Waals surface area contributed by atoms with Crippen LogP contribution in [0, 0.1) is 11.8 Å². The minimum absolute atomic E-state index is 0.398. The Kier molecular flexibility index (Phi) is 7.59. The van der Waals surface area contributed by atoms with E-state index < -0.39 is 47.9 Å². The van der Waals surface area contributed by atoms with Crippen LogP contribution in [0.15, 0.2) is 0 Å². The van der Waals surface area contributed by atoms with Gasteiger partial charge in [-0.05, 0) is 12.8 Å². The first-order valence-corrected chi connectivity index (χ1v) is 7.38. The van der Waals surface area contributed by atoms with Gasteiger partial charge in [0.1, 0.15) is 0 Å². The molecular weight excluding hydrogens is 328 g/mol. The zero-order chi connectivity index (χ0) is 18.3. The number of carbonyl (C=O) groups is 4. The number of aliphatic carboxylic acids is 4. The molecule has 4 atom stereocenters. The lowest BCUT2D eigenvalue weighted by Crippen LogP contribution is -2.32. The second-order valence-electron chi connectivity index (χ2n) is 5.49. The maximum atomic E-state index is 10.6. The predicted octanol–water partition coefficient (Wildman–Crippen LogP) is -0.0984. The quantitative estimate of drug-likeness (QED) is 0.502. The summed E-state index contributed by atoms with van der Waals surface area (Å²) in [5.74, 6) is -4.98. The van der Waals surface area contributed by atoms with Crippen LogP contribution in [0.5, 0.6) is 0 Å². The van der Waals surface area contributed by atoms with E-state index in [2.05, 4.69) is 9.47 Å². The lowest BCUT2D eigenvalue weighted by Gasteiger charge is -2.24. The Morgan fingerprint density at radius 3 is 1.04 bits per heavy atom. The summed E-state index contributed by atoms with van der Waals surface area (Å²) in [4.78, 5) is 40.5. The maximum Gasteiger partial charge on any atom is 0.335 e. The van der Waals surface area contributed by atoms with Crippen molar-refractivity contribution >= 4 is 23.9 Å². The predicted molar refractivity (Wildman–Crippen MR) is 75.5 cm³/mol. The first-order valence-electron chi connectivity index (χ1n) is 7.38. The van der Waals surface area contributed by atoms with Crippen LogP contribution in [0.1, 0.15) is 25.7 Å². The molecule has 0 aromatic carbocycles. The molecule has 3 fully saturated rings. The molecule has 3 aliphatic rings. The molecule has 0 bridgehead atoms. The van der Waals surface area contributed by atoms with Crippen LogP contribution >= 0.6 is 0 Å². The highest BCUT2D eigenvalue weighted by atomic mass is 16.6. The maximum absolute atomic E-state index is 10.6. The number of epoxide rings is 2. The number of hydrogen-bond donors (Lipinski definition) is 4. The molecule has 0 spiro atoms. The van der Waals surface area contributed by atoms with E-state index in [1.165, 1.54) is 0 Å². The zero-order valence-corrected chi connectivity index (χ0v) is 12.8. The van der Waals surface area contributed by atoms with Crippen molar-refractivity contribution in [2.45, 2.75) is 37.9 Å². The van der Waals surface area contributed by atoms with E-state index >= 15 is 0 Å². The van der Waals surface area contributed by atoms with Gasteiger partial charge in [-0.25, -0.2) is 9.59 Å². The number of rotatable bonds is 4. The summed E-state index contributed by atoms with van der Waals surface area (Å²) in [6, 6.07) is 0. The number of carboxylic acids is 4. The standard InChI is InChI=1S/C8H12O4.2C3H4O3/c9-7(10)5-3-1-2-4-6(5)8(11)12;2*4-3(5)2-1-6-2/h5-6H,1-4H2,(H,9,10)(H,11,12);2*2H,1H2,(H,4,5). The molecule has 3 rings (SSSR count). The van der Waals surface area contributed by atoms with Crippen molar-refractivity contribution in [1.82, 2.24) is 0 Å². The summed E-state index contributed by atoms with van der Waals surface area (Å²) in [6.07, 6.45) is 1.72. The highest BCUT2D eigenvalue weighted by Gasteiger charge is 2.35. The summed E-state index contributed by atoms with van der Waals surface area (Å²) in [6.45, 7) is 0.796. The molecule has 0 radical (unpaired) electrons. The van der Waals surface area contributed by atoms with Crippen molar-refractivity contribution in [3.05, 3.63) is 0 Å². The van der Waals surface area contributed by atoms with Crippen LogP contribution in [0.3, 0.4) is 0 Å². The smallest absolute Gasteiger partial charge is 0.335 e. The zero-order valence-electron chi connectivity index (χ0n) is 12.8. The molecule has 0 aromatic rings. The first-order chi connectivity index (χ1) is 11.2. The van der Waals surface area contributed by atoms with E-state index in [1.807, 2.05) is 0 Å². The number of carboxylic acid groups (broad SMARTS) is 4. The second kappa shape index (κ2) is 9.18. The van der Waals surface area contributed by atoms with Gasteiger partial charge in [0.2, 0.25) is 0 Å². The van der Waals surface area contributed by atoms with Crippen LogP contribution in [-0.2, 0) is 28.7 Å². The highest BCUT2D eigenvalue weighted by molar-refractivity contribution is 5.80. The van der Waals surface area contributed by atoms with Gasteiger partial charge >= 0.3 is 23.9 Å². The minimum atomic E-state index is -0.970. The Balaban J connectivity index is 0.000000200. The Morgan fingerprint density at radius 2 is 0.917 bits per heavy atom. The lowest BCUT2D eigenvalue weighted by atomic mass is 9.79. The van der Waals surface area contributed by atoms with Crippen molar-refractivity contribution in [2.24, 2.45) is 11.8 Å². The monoisotopic (exact) mass is 348 g/mol. The van der Waals surface area contributed by atoms with Crippen molar-refractivity contribution in [3.8, 4) is 0 Å². The second-order valence-corrected chi connectivity index (χ2v) is 5.49. The van der Waals surface area contributed by atoms with Gasteiger partial charge < -0.3 is 29.9 Å². The molecule has 2 aliphatic heterocycles. The van der Waals surface area contributed by atoms with Crippen molar-refractivity contribution in [3.63, 3.8) is 0 Å². The molecule has 0 aromatic heterocycles. The topological polar surface area (TPSA) is 174 Å². The van der Waals surface area contributed by atoms with E-state index in [0.29, 0.717) is 26.1 Å². The van der Waals surface area contributed by atoms with E-state index in [9.17, 15) is 19.2 Å². The fraction of sp³-hybridized carbons (Fsp3) is 0.714. The molecule has 4 N–H and O–H groups in total. The number of ether oxygens (including phenoxy) is 2. The molecule has 2 saturated heterocycles. The fourth-order valence-electron chi connectivity index (χ4n) is 2.10. The van der Waals surface area contributed by atoms with Crippen LogP contribution < -0.4 is 0 Å². The van der Waals surface area contributed by atoms with Gasteiger partial charge in [0.15, 0.2) is 12.2 Å². The van der Waals surface area contributed by atoms with Crippen LogP contribution in [0.2, 0.25) is 0 Å². The minimum Gasteiger partial charge on any atom is -0.481 e. The SMILES string of the molecule is O=C(O)C1CCCCC1C(=O)O.O=C(O)C1CO1.O=C(O)C1CO1. The largest absolute Gasteiger partial charge is 0.481 e. The van der Waals surface area contributed by atoms with Gasteiger partial charge in [0.05, 0.1) is 25.0 Å². The van der Waals surface area contributed by atoms with Gasteiger partial charge in [0, 0.05) is 0 Å². The summed E-state index contributed by atoms with van der Waals surface area (Å²) >= 11 is 0. The average molecular weight is 348 g/mol. The average Bonchev–Trinajstić information content (AvgIpc) is 3.41. The first kappa shape index (κ1) is 19.8. The van der Waals surface area contributed by atoms with E-state index in [1.54, 1.807) is 0 Å². The molecule has 24 heavy (non-hydrogen) atoms. The third kappa shape index (κ3) is 7.38.